The molecule has 0 aromatic carbocycles. The van der Waals surface area contributed by atoms with Gasteiger partial charge in [0.05, 0.1) is 0 Å². The number of nitriles is 1. The molecule has 1 aromatic rings. The summed E-state index contributed by atoms with van der Waals surface area (Å²) in [4.78, 5) is 0. The molecule has 0 unspecified atom stereocenters. The smallest absolute Gasteiger partial charge is 0.120 e. The minimum atomic E-state index is 0.744. The normalized spacial score (nSPS) is 11.0. The Morgan fingerprint density at radius 3 is 2.55 bits per heavy atom. The van der Waals surface area contributed by atoms with Crippen LogP contribution in [-0.4, -0.2) is 11.1 Å². The van der Waals surface area contributed by atoms with E-state index >= 15 is 0 Å². The van der Waals surface area contributed by atoms with Gasteiger partial charge in [0.25, 0.3) is 0 Å². The number of unbranched alkanes of at least 4 members (excludes halogenated alkanes) is 3. The fourth-order valence-electron chi connectivity index (χ4n) is 2.43. The Labute approximate surface area is 124 Å². The van der Waals surface area contributed by atoms with Gasteiger partial charge in [-0.15, -0.1) is 0 Å². The van der Waals surface area contributed by atoms with E-state index in [9.17, 15) is 0 Å². The molecule has 0 radical (unpaired) electrons. The maximum atomic E-state index is 9.00. The zero-order valence-electron chi connectivity index (χ0n) is 13.5. The van der Waals surface area contributed by atoms with Crippen molar-refractivity contribution in [3.8, 4) is 6.07 Å². The zero-order valence-corrected chi connectivity index (χ0v) is 13.5. The number of hydrogen-bond donors (Lipinski definition) is 1. The van der Waals surface area contributed by atoms with Gasteiger partial charge in [0.2, 0.25) is 0 Å². The SMILES string of the molecule is Cc1c(CNCCCCCCC(C)C)cc(C#N)n1C. The molecule has 0 aliphatic carbocycles. The average Bonchev–Trinajstić information content (AvgIpc) is 2.69. The van der Waals surface area contributed by atoms with Crippen LogP contribution in [0.25, 0.3) is 0 Å². The molecule has 20 heavy (non-hydrogen) atoms. The zero-order chi connectivity index (χ0) is 15.0. The molecule has 3 heteroatoms. The molecular formula is C17H29N3. The highest BCUT2D eigenvalue weighted by Crippen LogP contribution is 2.13. The van der Waals surface area contributed by atoms with Crippen molar-refractivity contribution >= 4 is 0 Å². The van der Waals surface area contributed by atoms with Gasteiger partial charge >= 0.3 is 0 Å². The van der Waals surface area contributed by atoms with Crippen molar-refractivity contribution < 1.29 is 0 Å². The Bertz CT molecular complexity index is 438. The van der Waals surface area contributed by atoms with Crippen LogP contribution >= 0.6 is 0 Å². The van der Waals surface area contributed by atoms with Gasteiger partial charge in [-0.25, -0.2) is 0 Å². The Balaban J connectivity index is 2.14. The highest BCUT2D eigenvalue weighted by molar-refractivity contribution is 5.33. The van der Waals surface area contributed by atoms with Gasteiger partial charge in [0.1, 0.15) is 11.8 Å². The van der Waals surface area contributed by atoms with Crippen LogP contribution in [0.2, 0.25) is 0 Å². The Morgan fingerprint density at radius 1 is 1.25 bits per heavy atom. The lowest BCUT2D eigenvalue weighted by Gasteiger charge is -2.06. The maximum absolute atomic E-state index is 9.00. The summed E-state index contributed by atoms with van der Waals surface area (Å²) in [5.74, 6) is 0.837. The first kappa shape index (κ1) is 16.8. The highest BCUT2D eigenvalue weighted by atomic mass is 15.0. The van der Waals surface area contributed by atoms with Gasteiger partial charge in [-0.05, 0) is 37.4 Å². The van der Waals surface area contributed by atoms with E-state index in [1.807, 2.05) is 17.7 Å². The van der Waals surface area contributed by atoms with E-state index in [0.717, 1.165) is 24.7 Å². The molecule has 1 N–H and O–H groups in total. The van der Waals surface area contributed by atoms with E-state index in [2.05, 4.69) is 32.2 Å². The third-order valence-corrected chi connectivity index (χ3v) is 3.96. The van der Waals surface area contributed by atoms with E-state index < -0.39 is 0 Å². The number of nitrogens with one attached hydrogen (secondary N) is 1. The summed E-state index contributed by atoms with van der Waals surface area (Å²) in [5.41, 5.74) is 3.17. The third-order valence-electron chi connectivity index (χ3n) is 3.96. The molecule has 0 aliphatic heterocycles. The lowest BCUT2D eigenvalue weighted by atomic mass is 10.0. The van der Waals surface area contributed by atoms with Crippen molar-refractivity contribution in [1.82, 2.24) is 9.88 Å². The van der Waals surface area contributed by atoms with Crippen molar-refractivity contribution in [1.29, 1.82) is 5.26 Å². The van der Waals surface area contributed by atoms with Crippen LogP contribution in [0, 0.1) is 24.2 Å². The Hall–Kier alpha value is -1.27. The van der Waals surface area contributed by atoms with Crippen LogP contribution in [0.5, 0.6) is 0 Å². The number of rotatable bonds is 9. The first-order valence-corrected chi connectivity index (χ1v) is 7.82. The average molecular weight is 275 g/mol. The topological polar surface area (TPSA) is 40.8 Å². The van der Waals surface area contributed by atoms with Crippen molar-refractivity contribution in [2.75, 3.05) is 6.54 Å². The van der Waals surface area contributed by atoms with E-state index in [-0.39, 0.29) is 0 Å². The molecule has 0 amide bonds. The molecule has 1 heterocycles. The summed E-state index contributed by atoms with van der Waals surface area (Å²) in [6.07, 6.45) is 6.63. The van der Waals surface area contributed by atoms with Crippen LogP contribution in [0.3, 0.4) is 0 Å². The van der Waals surface area contributed by atoms with E-state index in [1.54, 1.807) is 0 Å². The van der Waals surface area contributed by atoms with Gasteiger partial charge in [-0.2, -0.15) is 5.26 Å². The van der Waals surface area contributed by atoms with Crippen molar-refractivity contribution in [3.63, 3.8) is 0 Å². The van der Waals surface area contributed by atoms with Crippen LogP contribution in [-0.2, 0) is 13.6 Å². The summed E-state index contributed by atoms with van der Waals surface area (Å²) in [6.45, 7) is 8.59. The first-order chi connectivity index (χ1) is 9.56. The summed E-state index contributed by atoms with van der Waals surface area (Å²) < 4.78 is 1.96. The molecular weight excluding hydrogens is 246 g/mol. The van der Waals surface area contributed by atoms with Crippen molar-refractivity contribution in [2.24, 2.45) is 13.0 Å². The lowest BCUT2D eigenvalue weighted by molar-refractivity contribution is 0.512. The summed E-state index contributed by atoms with van der Waals surface area (Å²) >= 11 is 0. The van der Waals surface area contributed by atoms with Crippen LogP contribution in [0.4, 0.5) is 0 Å². The quantitative estimate of drug-likeness (QED) is 0.694. The largest absolute Gasteiger partial charge is 0.340 e. The molecule has 3 nitrogen and oxygen atoms in total. The van der Waals surface area contributed by atoms with Crippen molar-refractivity contribution in [2.45, 2.75) is 59.4 Å². The van der Waals surface area contributed by atoms with E-state index in [1.165, 1.54) is 43.4 Å². The van der Waals surface area contributed by atoms with E-state index in [4.69, 9.17) is 5.26 Å². The minimum absolute atomic E-state index is 0.744. The van der Waals surface area contributed by atoms with E-state index in [0.29, 0.717) is 0 Å². The number of aromatic nitrogens is 1. The fraction of sp³-hybridized carbons (Fsp3) is 0.706. The molecule has 0 bridgehead atoms. The van der Waals surface area contributed by atoms with Crippen LogP contribution < -0.4 is 5.32 Å². The second kappa shape index (κ2) is 8.81. The van der Waals surface area contributed by atoms with Crippen LogP contribution in [0.15, 0.2) is 6.07 Å². The second-order valence-electron chi connectivity index (χ2n) is 6.08. The summed E-state index contributed by atoms with van der Waals surface area (Å²) in [6, 6.07) is 4.22. The molecule has 0 atom stereocenters. The van der Waals surface area contributed by atoms with Gasteiger partial charge in [0.15, 0.2) is 0 Å². The second-order valence-corrected chi connectivity index (χ2v) is 6.08. The predicted octanol–water partition coefficient (Wildman–Crippen LogP) is 3.90. The summed E-state index contributed by atoms with van der Waals surface area (Å²) in [7, 11) is 1.95. The lowest BCUT2D eigenvalue weighted by Crippen LogP contribution is -2.15. The number of hydrogen-bond acceptors (Lipinski definition) is 2. The molecule has 0 fully saturated rings. The monoisotopic (exact) mass is 275 g/mol. The van der Waals surface area contributed by atoms with Crippen LogP contribution in [0.1, 0.15) is 62.9 Å². The molecule has 0 spiro atoms. The molecule has 1 aromatic heterocycles. The predicted molar refractivity (Wildman–Crippen MR) is 84.5 cm³/mol. The number of nitrogens with zero attached hydrogens (tertiary/aromatic N) is 2. The van der Waals surface area contributed by atoms with Gasteiger partial charge in [0, 0.05) is 19.3 Å². The maximum Gasteiger partial charge on any atom is 0.120 e. The fourth-order valence-corrected chi connectivity index (χ4v) is 2.43. The molecule has 1 rings (SSSR count). The first-order valence-electron chi connectivity index (χ1n) is 7.82. The van der Waals surface area contributed by atoms with Gasteiger partial charge in [-0.3, -0.25) is 0 Å². The Morgan fingerprint density at radius 2 is 1.95 bits per heavy atom. The van der Waals surface area contributed by atoms with Gasteiger partial charge in [-0.1, -0.05) is 39.5 Å². The molecule has 0 saturated heterocycles. The minimum Gasteiger partial charge on any atom is -0.340 e. The molecule has 112 valence electrons. The standard InChI is InChI=1S/C17H29N3/c1-14(2)9-7-5-6-8-10-19-13-16-11-17(12-18)20(4)15(16)3/h11,14,19H,5-10,13H2,1-4H3. The molecule has 0 saturated carbocycles. The van der Waals surface area contributed by atoms with Crippen molar-refractivity contribution in [3.05, 3.63) is 23.0 Å². The summed E-state index contributed by atoms with van der Waals surface area (Å²) in [5, 5.41) is 12.5. The highest BCUT2D eigenvalue weighted by Gasteiger charge is 2.07. The van der Waals surface area contributed by atoms with Gasteiger partial charge < -0.3 is 9.88 Å². The third kappa shape index (κ3) is 5.38. The molecule has 0 aliphatic rings. The Kier molecular flexibility index (Phi) is 7.40.